The number of furan rings is 1. The zero-order valence-electron chi connectivity index (χ0n) is 25.7. The normalized spacial score (nSPS) is 11.1. The number of hydrogen-bond acceptors (Lipinski definition) is 3. The van der Waals surface area contributed by atoms with Gasteiger partial charge in [-0.25, -0.2) is 0 Å². The van der Waals surface area contributed by atoms with E-state index in [0.717, 1.165) is 66.4 Å². The topological polar surface area (TPSA) is 38.9 Å². The van der Waals surface area contributed by atoms with Crippen LogP contribution < -0.4 is 0 Å². The van der Waals surface area contributed by atoms with E-state index < -0.39 is 0 Å². The molecule has 0 saturated heterocycles. The maximum Gasteiger partial charge on any atom is 0.134 e. The molecule has 0 amide bonds. The predicted molar refractivity (Wildman–Crippen MR) is 183 cm³/mol. The summed E-state index contributed by atoms with van der Waals surface area (Å²) in [4.78, 5) is 9.52. The third kappa shape index (κ3) is 5.92. The Bertz CT molecular complexity index is 2270. The molecule has 0 N–H and O–H groups in total. The second kappa shape index (κ2) is 12.8. The first-order chi connectivity index (χ1) is 21.5. The van der Waals surface area contributed by atoms with Crippen LogP contribution in [0, 0.1) is 26.0 Å². The molecule has 45 heavy (non-hydrogen) atoms. The van der Waals surface area contributed by atoms with Crippen LogP contribution in [0.15, 0.2) is 120 Å². The molecule has 0 aliphatic heterocycles. The van der Waals surface area contributed by atoms with Gasteiger partial charge in [-0.1, -0.05) is 91.0 Å². The largest absolute Gasteiger partial charge is 0.462 e. The van der Waals surface area contributed by atoms with Crippen molar-refractivity contribution in [2.24, 2.45) is 0 Å². The molecule has 0 saturated carbocycles. The van der Waals surface area contributed by atoms with Crippen molar-refractivity contribution in [2.45, 2.75) is 33.6 Å². The Balaban J connectivity index is 0.000000201. The van der Waals surface area contributed by atoms with Crippen molar-refractivity contribution in [1.82, 2.24) is 9.97 Å². The van der Waals surface area contributed by atoms with E-state index >= 15 is 0 Å². The Morgan fingerprint density at radius 1 is 0.689 bits per heavy atom. The van der Waals surface area contributed by atoms with Crippen LogP contribution in [-0.4, -0.2) is 9.97 Å². The van der Waals surface area contributed by atoms with Crippen LogP contribution in [0.5, 0.6) is 0 Å². The summed E-state index contributed by atoms with van der Waals surface area (Å²) in [6, 6.07) is 46.1. The molecule has 0 atom stereocenters. The smallest absolute Gasteiger partial charge is 0.134 e. The summed E-state index contributed by atoms with van der Waals surface area (Å²) in [6.45, 7) is 8.56. The van der Waals surface area contributed by atoms with E-state index in [1.807, 2.05) is 49.4 Å². The monoisotopic (exact) mass is 761 g/mol. The molecule has 0 aliphatic carbocycles. The van der Waals surface area contributed by atoms with Crippen LogP contribution in [-0.2, 0) is 20.1 Å². The Morgan fingerprint density at radius 3 is 2.16 bits per heavy atom. The number of fused-ring (bicyclic) bond motifs is 6. The molecule has 223 valence electrons. The Hall–Kier alpha value is -4.63. The van der Waals surface area contributed by atoms with E-state index in [-0.39, 0.29) is 20.1 Å². The number of pyridine rings is 2. The predicted octanol–water partition coefficient (Wildman–Crippen LogP) is 11.0. The zero-order chi connectivity index (χ0) is 30.2. The molecule has 0 bridgehead atoms. The first kappa shape index (κ1) is 30.4. The summed E-state index contributed by atoms with van der Waals surface area (Å²) in [5.74, 6) is 0.398. The number of aromatic nitrogens is 2. The molecule has 5 aromatic carbocycles. The Labute approximate surface area is 277 Å². The van der Waals surface area contributed by atoms with Gasteiger partial charge in [0, 0.05) is 47.7 Å². The number of hydrogen-bond donors (Lipinski definition) is 0. The minimum Gasteiger partial charge on any atom is -0.462 e. The first-order valence-corrected chi connectivity index (χ1v) is 15.0. The zero-order valence-corrected chi connectivity index (χ0v) is 28.1. The van der Waals surface area contributed by atoms with E-state index in [9.17, 15) is 0 Å². The van der Waals surface area contributed by atoms with Gasteiger partial charge >= 0.3 is 0 Å². The van der Waals surface area contributed by atoms with Crippen LogP contribution in [0.3, 0.4) is 0 Å². The fourth-order valence-corrected chi connectivity index (χ4v) is 6.01. The number of benzene rings is 5. The molecular formula is C41H32IrN2O-2. The summed E-state index contributed by atoms with van der Waals surface area (Å²) in [5, 5.41) is 5.72. The Morgan fingerprint density at radius 2 is 1.40 bits per heavy atom. The number of rotatable bonds is 3. The molecule has 0 aliphatic rings. The maximum absolute atomic E-state index is 6.38. The second-order valence-corrected chi connectivity index (χ2v) is 11.6. The fourth-order valence-electron chi connectivity index (χ4n) is 6.01. The van der Waals surface area contributed by atoms with Crippen molar-refractivity contribution >= 4 is 43.6 Å². The molecule has 1 radical (unpaired) electrons. The van der Waals surface area contributed by atoms with Crippen molar-refractivity contribution in [1.29, 1.82) is 0 Å². The standard InChI is InChI=1S/C28H20NO.C13H12N.Ir/c1-17(2)23-16-19(15-18-9-3-4-10-20(18)23)27-28-26(21-11-5-7-13-24(21)29-27)22-12-6-8-14-25(22)30-28;1-10-8-11(2)14-13(9-10)12-6-4-3-5-7-12;/h3-14,16-17H,1-2H3;3-6,8-9H,1-2H3;/q2*-1;. The summed E-state index contributed by atoms with van der Waals surface area (Å²) in [6.07, 6.45) is 0. The molecule has 3 nitrogen and oxygen atoms in total. The van der Waals surface area contributed by atoms with Crippen LogP contribution in [0.2, 0.25) is 0 Å². The molecule has 4 heteroatoms. The van der Waals surface area contributed by atoms with Gasteiger partial charge in [-0.05, 0) is 43.7 Å². The summed E-state index contributed by atoms with van der Waals surface area (Å²) in [7, 11) is 0. The summed E-state index contributed by atoms with van der Waals surface area (Å²) in [5.41, 5.74) is 10.2. The summed E-state index contributed by atoms with van der Waals surface area (Å²) >= 11 is 0. The van der Waals surface area contributed by atoms with Crippen molar-refractivity contribution in [3.8, 4) is 22.5 Å². The first-order valence-electron chi connectivity index (χ1n) is 15.0. The Kier molecular flexibility index (Phi) is 8.63. The van der Waals surface area contributed by atoms with Crippen LogP contribution in [0.4, 0.5) is 0 Å². The van der Waals surface area contributed by atoms with Gasteiger partial charge in [0.1, 0.15) is 11.2 Å². The average molecular weight is 761 g/mol. The molecule has 0 unspecified atom stereocenters. The third-order valence-corrected chi connectivity index (χ3v) is 7.98. The SMILES string of the molecule is CC(C)c1cc(-c2nc3ccccc3c3c2oc2ccccc23)[c-]c2ccccc12.Cc1cc(C)nc(-c2[c-]cccc2)c1.[Ir]. The van der Waals surface area contributed by atoms with Crippen LogP contribution in [0.25, 0.3) is 66.1 Å². The van der Waals surface area contributed by atoms with Crippen LogP contribution in [0.1, 0.15) is 36.6 Å². The van der Waals surface area contributed by atoms with E-state index in [2.05, 4.69) is 111 Å². The number of aryl methyl sites for hydroxylation is 2. The molecule has 3 heterocycles. The van der Waals surface area contributed by atoms with Gasteiger partial charge in [0.2, 0.25) is 0 Å². The minimum atomic E-state index is 0. The quantitative estimate of drug-likeness (QED) is 0.168. The average Bonchev–Trinajstić information content (AvgIpc) is 3.44. The van der Waals surface area contributed by atoms with Gasteiger partial charge in [0.25, 0.3) is 0 Å². The van der Waals surface area contributed by atoms with Gasteiger partial charge < -0.3 is 9.40 Å². The van der Waals surface area contributed by atoms with Crippen LogP contribution >= 0.6 is 0 Å². The molecular weight excluding hydrogens is 729 g/mol. The van der Waals surface area contributed by atoms with E-state index in [0.29, 0.717) is 5.92 Å². The van der Waals surface area contributed by atoms with Gasteiger partial charge in [0.05, 0.1) is 5.52 Å². The molecule has 8 rings (SSSR count). The van der Waals surface area contributed by atoms with Crippen molar-refractivity contribution in [3.05, 3.63) is 144 Å². The van der Waals surface area contributed by atoms with Crippen molar-refractivity contribution in [2.75, 3.05) is 0 Å². The molecule has 0 fully saturated rings. The van der Waals surface area contributed by atoms with Gasteiger partial charge in [0.15, 0.2) is 0 Å². The van der Waals surface area contributed by atoms with E-state index in [1.165, 1.54) is 16.5 Å². The molecule has 3 aromatic heterocycles. The van der Waals surface area contributed by atoms with Gasteiger partial charge in [-0.2, -0.15) is 0 Å². The number of para-hydroxylation sites is 2. The third-order valence-electron chi connectivity index (χ3n) is 7.98. The van der Waals surface area contributed by atoms with Gasteiger partial charge in [-0.15, -0.1) is 65.0 Å². The maximum atomic E-state index is 6.38. The van der Waals surface area contributed by atoms with E-state index in [1.54, 1.807) is 0 Å². The van der Waals surface area contributed by atoms with Gasteiger partial charge in [-0.3, -0.25) is 4.98 Å². The fraction of sp³-hybridized carbons (Fsp3) is 0.122. The molecule has 8 aromatic rings. The number of nitrogens with zero attached hydrogens (tertiary/aromatic N) is 2. The van der Waals surface area contributed by atoms with E-state index in [4.69, 9.17) is 9.40 Å². The minimum absolute atomic E-state index is 0. The summed E-state index contributed by atoms with van der Waals surface area (Å²) < 4.78 is 6.38. The van der Waals surface area contributed by atoms with Crippen molar-refractivity contribution in [3.63, 3.8) is 0 Å². The second-order valence-electron chi connectivity index (χ2n) is 11.6. The van der Waals surface area contributed by atoms with Crippen molar-refractivity contribution < 1.29 is 24.5 Å². The molecule has 0 spiro atoms.